The van der Waals surface area contributed by atoms with Crippen LogP contribution >= 0.6 is 0 Å². The van der Waals surface area contributed by atoms with Crippen molar-refractivity contribution in [3.8, 4) is 136 Å². The Hall–Kier alpha value is -13.6. The number of hydrogen-bond acceptors (Lipinski definition) is 12. The summed E-state index contributed by atoms with van der Waals surface area (Å²) in [6, 6.07) is 109. The van der Waals surface area contributed by atoms with Gasteiger partial charge in [-0.25, -0.2) is 49.8 Å². The summed E-state index contributed by atoms with van der Waals surface area (Å²) in [5, 5.41) is 3.79. The largest absolute Gasteiger partial charge is 0.455 e. The summed E-state index contributed by atoms with van der Waals surface area (Å²) in [6.45, 7) is 0. The van der Waals surface area contributed by atoms with Crippen molar-refractivity contribution in [2.75, 3.05) is 0 Å². The van der Waals surface area contributed by atoms with E-state index >= 15 is 0 Å². The fourth-order valence-corrected chi connectivity index (χ4v) is 12.4. The minimum Gasteiger partial charge on any atom is -0.455 e. The molecule has 18 rings (SSSR count). The van der Waals surface area contributed by atoms with Crippen LogP contribution in [0, 0.1) is 0 Å². The van der Waals surface area contributed by atoms with Gasteiger partial charge in [-0.05, 0) is 36.4 Å². The first-order valence-electron chi connectivity index (χ1n) is 32.2. The molecule has 0 fully saturated rings. The van der Waals surface area contributed by atoms with Gasteiger partial charge in [-0.2, -0.15) is 0 Å². The zero-order valence-corrected chi connectivity index (χ0v) is 52.5. The smallest absolute Gasteiger partial charge is 0.167 e. The van der Waals surface area contributed by atoms with Crippen LogP contribution in [0.25, 0.3) is 180 Å². The number of para-hydroxylation sites is 2. The van der Waals surface area contributed by atoms with Crippen molar-refractivity contribution in [1.29, 1.82) is 0 Å². The van der Waals surface area contributed by atoms with Gasteiger partial charge in [-0.15, -0.1) is 0 Å². The van der Waals surface area contributed by atoms with Gasteiger partial charge in [0, 0.05) is 77.2 Å². The predicted octanol–water partition coefficient (Wildman–Crippen LogP) is 21.1. The van der Waals surface area contributed by atoms with Gasteiger partial charge in [-0.1, -0.05) is 291 Å². The van der Waals surface area contributed by atoms with Gasteiger partial charge in [0.2, 0.25) is 0 Å². The molecule has 6 heterocycles. The molecule has 0 spiro atoms. The SMILES string of the molecule is c1ccc(-c2cc(-c3cccc4oc5c(-c6nc(-c7ccccc7)nc(-c7ccccc7)n6)cccc5c34)nc(-c3ccccc3)n2)cc1.c1ccc(-c2cc(-c3ccccc3)nc(-c3cccc4oc5c(-c6nc(-c7ccccc7)nc(-c7ccccc7)n6)cccc5c34)n2)cc1. The van der Waals surface area contributed by atoms with Crippen LogP contribution in [0.1, 0.15) is 0 Å². The molecule has 12 nitrogen and oxygen atoms in total. The van der Waals surface area contributed by atoms with Gasteiger partial charge in [0.1, 0.15) is 22.3 Å². The molecular formula is C86H54N10O2. The van der Waals surface area contributed by atoms with Crippen molar-refractivity contribution in [3.63, 3.8) is 0 Å². The van der Waals surface area contributed by atoms with Gasteiger partial charge in [-0.3, -0.25) is 0 Å². The van der Waals surface area contributed by atoms with Crippen LogP contribution in [-0.2, 0) is 0 Å². The Balaban J connectivity index is 0.000000147. The van der Waals surface area contributed by atoms with Crippen molar-refractivity contribution < 1.29 is 8.83 Å². The lowest BCUT2D eigenvalue weighted by Gasteiger charge is -2.10. The second kappa shape index (κ2) is 25.7. The molecule has 98 heavy (non-hydrogen) atoms. The molecule has 0 aliphatic carbocycles. The van der Waals surface area contributed by atoms with E-state index in [1.165, 1.54) is 0 Å². The highest BCUT2D eigenvalue weighted by Gasteiger charge is 2.24. The van der Waals surface area contributed by atoms with Gasteiger partial charge < -0.3 is 8.83 Å². The molecule has 460 valence electrons. The molecule has 0 N–H and O–H groups in total. The molecule has 6 aromatic heterocycles. The topological polar surface area (TPSA) is 155 Å². The van der Waals surface area contributed by atoms with Crippen molar-refractivity contribution in [3.05, 3.63) is 328 Å². The Labute approximate surface area is 563 Å². The summed E-state index contributed by atoms with van der Waals surface area (Å²) < 4.78 is 13.3. The summed E-state index contributed by atoms with van der Waals surface area (Å²) in [5.41, 5.74) is 17.3. The van der Waals surface area contributed by atoms with E-state index in [9.17, 15) is 0 Å². The first kappa shape index (κ1) is 58.3. The highest BCUT2D eigenvalue weighted by Crippen LogP contribution is 2.43. The maximum Gasteiger partial charge on any atom is 0.167 e. The zero-order valence-electron chi connectivity index (χ0n) is 52.5. The predicted molar refractivity (Wildman–Crippen MR) is 391 cm³/mol. The summed E-state index contributed by atoms with van der Waals surface area (Å²) in [7, 11) is 0. The van der Waals surface area contributed by atoms with Gasteiger partial charge in [0.25, 0.3) is 0 Å². The van der Waals surface area contributed by atoms with E-state index < -0.39 is 0 Å². The van der Waals surface area contributed by atoms with Crippen molar-refractivity contribution >= 4 is 43.9 Å². The van der Waals surface area contributed by atoms with Gasteiger partial charge >= 0.3 is 0 Å². The van der Waals surface area contributed by atoms with E-state index in [0.29, 0.717) is 57.8 Å². The quantitative estimate of drug-likeness (QED) is 0.114. The molecule has 0 atom stereocenters. The second-order valence-electron chi connectivity index (χ2n) is 23.4. The molecule has 18 aromatic rings. The monoisotopic (exact) mass is 1260 g/mol. The lowest BCUT2D eigenvalue weighted by molar-refractivity contribution is 0.669. The number of fused-ring (bicyclic) bond motifs is 6. The molecule has 0 aliphatic heterocycles. The lowest BCUT2D eigenvalue weighted by atomic mass is 10.0. The minimum atomic E-state index is 0.535. The number of rotatable bonds is 12. The number of aromatic nitrogens is 10. The maximum absolute atomic E-state index is 6.68. The van der Waals surface area contributed by atoms with E-state index in [-0.39, 0.29) is 0 Å². The Bertz CT molecular complexity index is 5310. The third kappa shape index (κ3) is 11.5. The van der Waals surface area contributed by atoms with Crippen molar-refractivity contribution in [2.24, 2.45) is 0 Å². The Kier molecular flexibility index (Phi) is 15.3. The summed E-state index contributed by atoms with van der Waals surface area (Å²) >= 11 is 0. The first-order valence-corrected chi connectivity index (χ1v) is 32.2. The third-order valence-corrected chi connectivity index (χ3v) is 17.1. The molecule has 0 radical (unpaired) electrons. The Morgan fingerprint density at radius 1 is 0.173 bits per heavy atom. The van der Waals surface area contributed by atoms with Crippen LogP contribution in [0.2, 0.25) is 0 Å². The number of nitrogens with zero attached hydrogens (tertiary/aromatic N) is 10. The van der Waals surface area contributed by atoms with Crippen molar-refractivity contribution in [1.82, 2.24) is 49.8 Å². The van der Waals surface area contributed by atoms with E-state index in [1.807, 2.05) is 255 Å². The molecule has 0 bridgehead atoms. The number of benzene rings is 12. The molecule has 0 aliphatic rings. The average Bonchev–Trinajstić information content (AvgIpc) is 1.59. The van der Waals surface area contributed by atoms with Gasteiger partial charge in [0.15, 0.2) is 46.6 Å². The second-order valence-corrected chi connectivity index (χ2v) is 23.4. The average molecular weight is 1260 g/mol. The molecular weight excluding hydrogens is 1210 g/mol. The first-order chi connectivity index (χ1) is 48.6. The standard InChI is InChI=1S/2C43H27N5O/c1-5-15-28(16-6-1)35-27-36(45-40(44-35)29-17-7-2-8-18-29)32-23-14-26-37-38(32)33-24-13-25-34(39(33)49-37)43-47-41(30-19-9-3-10-20-30)46-42(48-43)31-21-11-4-12-22-31;1-5-15-28(16-6-1)35-27-36(29-17-7-2-8-18-29)45-42(44-35)33-24-14-26-37-38(33)32-23-13-25-34(39(32)49-37)43-47-40(30-19-9-3-10-20-30)46-41(48-43)31-21-11-4-12-22-31/h2*1-27H. The Morgan fingerprint density at radius 2 is 0.418 bits per heavy atom. The summed E-state index contributed by atoms with van der Waals surface area (Å²) in [5.74, 6) is 4.75. The fraction of sp³-hybridized carbons (Fsp3) is 0. The van der Waals surface area contributed by atoms with E-state index in [4.69, 9.17) is 58.7 Å². The fourth-order valence-electron chi connectivity index (χ4n) is 12.4. The highest BCUT2D eigenvalue weighted by molar-refractivity contribution is 6.16. The van der Waals surface area contributed by atoms with E-state index in [2.05, 4.69) is 72.8 Å². The molecule has 12 aromatic carbocycles. The van der Waals surface area contributed by atoms with Gasteiger partial charge in [0.05, 0.1) is 33.9 Å². The molecule has 0 unspecified atom stereocenters. The van der Waals surface area contributed by atoms with Crippen LogP contribution in [0.4, 0.5) is 0 Å². The minimum absolute atomic E-state index is 0.535. The molecule has 12 heteroatoms. The number of hydrogen-bond donors (Lipinski definition) is 0. The zero-order chi connectivity index (χ0) is 65.1. The lowest BCUT2D eigenvalue weighted by Crippen LogP contribution is -2.00. The molecule has 0 saturated carbocycles. The van der Waals surface area contributed by atoms with Crippen LogP contribution in [0.5, 0.6) is 0 Å². The van der Waals surface area contributed by atoms with Crippen molar-refractivity contribution in [2.45, 2.75) is 0 Å². The van der Waals surface area contributed by atoms with Crippen LogP contribution in [-0.4, -0.2) is 49.8 Å². The third-order valence-electron chi connectivity index (χ3n) is 17.1. The summed E-state index contributed by atoms with van der Waals surface area (Å²) in [6.07, 6.45) is 0. The van der Waals surface area contributed by atoms with Crippen LogP contribution < -0.4 is 0 Å². The molecule has 0 amide bonds. The number of furan rings is 2. The van der Waals surface area contributed by atoms with E-state index in [0.717, 1.165) is 122 Å². The normalized spacial score (nSPS) is 11.3. The Morgan fingerprint density at radius 3 is 0.776 bits per heavy atom. The summed E-state index contributed by atoms with van der Waals surface area (Å²) in [4.78, 5) is 50.0. The highest BCUT2D eigenvalue weighted by atomic mass is 16.3. The van der Waals surface area contributed by atoms with Crippen LogP contribution in [0.3, 0.4) is 0 Å². The van der Waals surface area contributed by atoms with E-state index in [1.54, 1.807) is 0 Å². The van der Waals surface area contributed by atoms with Crippen LogP contribution in [0.15, 0.2) is 336 Å². The molecule has 0 saturated heterocycles. The maximum atomic E-state index is 6.68.